The first-order valence-corrected chi connectivity index (χ1v) is 9.49. The van der Waals surface area contributed by atoms with Crippen molar-refractivity contribution < 1.29 is 19.1 Å². The average Bonchev–Trinajstić information content (AvgIpc) is 3.09. The van der Waals surface area contributed by atoms with Crippen LogP contribution >= 0.6 is 11.6 Å². The van der Waals surface area contributed by atoms with E-state index < -0.39 is 17.9 Å². The Morgan fingerprint density at radius 2 is 1.90 bits per heavy atom. The molecule has 10 heteroatoms. The molecule has 2 amide bonds. The number of hydrogen-bond donors (Lipinski definition) is 2. The van der Waals surface area contributed by atoms with E-state index in [1.54, 1.807) is 41.1 Å². The molecule has 9 nitrogen and oxygen atoms in total. The number of rotatable bonds is 3. The SMILES string of the molecule is Cc1cc(C)n(-c2ccc(Cl)c(C(=O)NNC(=O)[C@@H]3COc4ccccc4O3)n2)n1. The molecule has 30 heavy (non-hydrogen) atoms. The fourth-order valence-electron chi connectivity index (χ4n) is 2.98. The van der Waals surface area contributed by atoms with E-state index >= 15 is 0 Å². The van der Waals surface area contributed by atoms with Gasteiger partial charge in [-0.3, -0.25) is 20.4 Å². The molecule has 3 heterocycles. The first-order valence-electron chi connectivity index (χ1n) is 9.11. The second-order valence-corrected chi connectivity index (χ2v) is 7.05. The minimum Gasteiger partial charge on any atom is -0.485 e. The summed E-state index contributed by atoms with van der Waals surface area (Å²) in [4.78, 5) is 29.2. The number of ether oxygens (including phenoxy) is 2. The Morgan fingerprint density at radius 3 is 2.63 bits per heavy atom. The van der Waals surface area contributed by atoms with Crippen LogP contribution in [0.1, 0.15) is 21.9 Å². The van der Waals surface area contributed by atoms with Gasteiger partial charge in [0.2, 0.25) is 6.10 Å². The van der Waals surface area contributed by atoms with Crippen LogP contribution in [0.4, 0.5) is 0 Å². The molecule has 0 spiro atoms. The maximum Gasteiger partial charge on any atom is 0.289 e. The molecule has 0 bridgehead atoms. The first kappa shape index (κ1) is 19.7. The average molecular weight is 428 g/mol. The maximum atomic E-state index is 12.6. The molecule has 1 aliphatic heterocycles. The second-order valence-electron chi connectivity index (χ2n) is 6.65. The van der Waals surface area contributed by atoms with Gasteiger partial charge in [-0.25, -0.2) is 9.67 Å². The van der Waals surface area contributed by atoms with Gasteiger partial charge in [0.1, 0.15) is 6.61 Å². The molecule has 1 aliphatic rings. The number of carbonyl (C=O) groups excluding carboxylic acids is 2. The summed E-state index contributed by atoms with van der Waals surface area (Å²) in [6.45, 7) is 3.75. The highest BCUT2D eigenvalue weighted by molar-refractivity contribution is 6.33. The summed E-state index contributed by atoms with van der Waals surface area (Å²) in [5.41, 5.74) is 6.26. The maximum absolute atomic E-state index is 12.6. The van der Waals surface area contributed by atoms with Crippen LogP contribution in [0.2, 0.25) is 5.02 Å². The quantitative estimate of drug-likeness (QED) is 0.620. The molecule has 0 radical (unpaired) electrons. The molecule has 0 saturated carbocycles. The predicted octanol–water partition coefficient (Wildman–Crippen LogP) is 2.14. The molecule has 2 aromatic heterocycles. The van der Waals surface area contributed by atoms with Gasteiger partial charge in [0.15, 0.2) is 23.0 Å². The number of fused-ring (bicyclic) bond motifs is 1. The lowest BCUT2D eigenvalue weighted by molar-refractivity contribution is -0.131. The summed E-state index contributed by atoms with van der Waals surface area (Å²) in [6.07, 6.45) is -0.912. The molecule has 2 N–H and O–H groups in total. The van der Waals surface area contributed by atoms with E-state index in [1.165, 1.54) is 0 Å². The molecule has 1 atom stereocenters. The number of benzene rings is 1. The zero-order valence-corrected chi connectivity index (χ0v) is 16.9. The summed E-state index contributed by atoms with van der Waals surface area (Å²) >= 11 is 6.13. The Hall–Kier alpha value is -3.59. The topological polar surface area (TPSA) is 107 Å². The molecule has 4 rings (SSSR count). The molecule has 0 unspecified atom stereocenters. The molecule has 0 fully saturated rings. The third-order valence-corrected chi connectivity index (χ3v) is 4.68. The van der Waals surface area contributed by atoms with Gasteiger partial charge >= 0.3 is 0 Å². The highest BCUT2D eigenvalue weighted by atomic mass is 35.5. The van der Waals surface area contributed by atoms with Crippen LogP contribution in [0.5, 0.6) is 11.5 Å². The predicted molar refractivity (Wildman–Crippen MR) is 108 cm³/mol. The van der Waals surface area contributed by atoms with E-state index in [2.05, 4.69) is 20.9 Å². The standard InChI is InChI=1S/C20H18ClN5O4/c1-11-9-12(2)26(25-11)17-8-7-13(21)18(22-17)20(28)24-23-19(27)16-10-29-14-5-3-4-6-15(14)30-16/h3-9,16H,10H2,1-2H3,(H,23,27)(H,24,28)/t16-/m0/s1. The zero-order valence-electron chi connectivity index (χ0n) is 16.2. The van der Waals surface area contributed by atoms with Crippen molar-refractivity contribution in [3.05, 3.63) is 64.6 Å². The van der Waals surface area contributed by atoms with Crippen LogP contribution in [-0.4, -0.2) is 39.3 Å². The van der Waals surface area contributed by atoms with Crippen LogP contribution < -0.4 is 20.3 Å². The minimum absolute atomic E-state index is 0.0190. The zero-order chi connectivity index (χ0) is 21.3. The van der Waals surface area contributed by atoms with E-state index in [-0.39, 0.29) is 17.3 Å². The number of halogens is 1. The molecule has 3 aromatic rings. The Bertz CT molecular complexity index is 1130. The number of aryl methyl sites for hydroxylation is 2. The van der Waals surface area contributed by atoms with Gasteiger partial charge in [-0.2, -0.15) is 5.10 Å². The number of nitrogens with zero attached hydrogens (tertiary/aromatic N) is 3. The lowest BCUT2D eigenvalue weighted by atomic mass is 10.2. The van der Waals surface area contributed by atoms with Crippen molar-refractivity contribution in [2.24, 2.45) is 0 Å². The van der Waals surface area contributed by atoms with Gasteiger partial charge < -0.3 is 9.47 Å². The lowest BCUT2D eigenvalue weighted by Gasteiger charge is -2.25. The lowest BCUT2D eigenvalue weighted by Crippen LogP contribution is -2.51. The Kier molecular flexibility index (Phi) is 5.28. The monoisotopic (exact) mass is 427 g/mol. The van der Waals surface area contributed by atoms with Crippen LogP contribution in [0.3, 0.4) is 0 Å². The molecule has 0 saturated heterocycles. The number of carbonyl (C=O) groups is 2. The van der Waals surface area contributed by atoms with E-state index in [9.17, 15) is 9.59 Å². The van der Waals surface area contributed by atoms with Gasteiger partial charge in [-0.15, -0.1) is 0 Å². The van der Waals surface area contributed by atoms with Crippen LogP contribution in [0.25, 0.3) is 5.82 Å². The third-order valence-electron chi connectivity index (χ3n) is 4.37. The molecule has 0 aliphatic carbocycles. The summed E-state index contributed by atoms with van der Waals surface area (Å²) in [7, 11) is 0. The van der Waals surface area contributed by atoms with Gasteiger partial charge in [0, 0.05) is 5.69 Å². The number of hydrazine groups is 1. The van der Waals surface area contributed by atoms with Gasteiger partial charge in [0.25, 0.3) is 11.8 Å². The Balaban J connectivity index is 1.43. The number of pyridine rings is 1. The van der Waals surface area contributed by atoms with Gasteiger partial charge in [-0.05, 0) is 44.2 Å². The van der Waals surface area contributed by atoms with Crippen molar-refractivity contribution in [2.45, 2.75) is 20.0 Å². The van der Waals surface area contributed by atoms with E-state index in [0.717, 1.165) is 11.4 Å². The number of aromatic nitrogens is 3. The summed E-state index contributed by atoms with van der Waals surface area (Å²) in [5.74, 6) is 0.208. The number of hydrogen-bond acceptors (Lipinski definition) is 6. The van der Waals surface area contributed by atoms with Gasteiger partial charge in [0.05, 0.1) is 10.7 Å². The van der Waals surface area contributed by atoms with E-state index in [4.69, 9.17) is 21.1 Å². The van der Waals surface area contributed by atoms with Gasteiger partial charge in [-0.1, -0.05) is 23.7 Å². The molecule has 1 aromatic carbocycles. The molecular formula is C20H18ClN5O4. The number of nitrogens with one attached hydrogen (secondary N) is 2. The van der Waals surface area contributed by atoms with Crippen molar-refractivity contribution in [2.75, 3.05) is 6.61 Å². The normalized spacial score (nSPS) is 14.8. The highest BCUT2D eigenvalue weighted by Gasteiger charge is 2.28. The Labute approximate surface area is 176 Å². The van der Waals surface area contributed by atoms with E-state index in [1.807, 2.05) is 19.9 Å². The third kappa shape index (κ3) is 3.92. The second kappa shape index (κ2) is 8.03. The molecular weight excluding hydrogens is 410 g/mol. The summed E-state index contributed by atoms with van der Waals surface area (Å²) in [5, 5.41) is 4.48. The Morgan fingerprint density at radius 1 is 1.13 bits per heavy atom. The summed E-state index contributed by atoms with van der Waals surface area (Å²) < 4.78 is 12.7. The summed E-state index contributed by atoms with van der Waals surface area (Å²) in [6, 6.07) is 12.1. The minimum atomic E-state index is -0.912. The number of amides is 2. The van der Waals surface area contributed by atoms with Crippen LogP contribution in [0.15, 0.2) is 42.5 Å². The number of para-hydroxylation sites is 2. The fraction of sp³-hybridized carbons (Fsp3) is 0.200. The van der Waals surface area contributed by atoms with Crippen molar-refractivity contribution in [3.63, 3.8) is 0 Å². The van der Waals surface area contributed by atoms with Crippen molar-refractivity contribution >= 4 is 23.4 Å². The largest absolute Gasteiger partial charge is 0.485 e. The van der Waals surface area contributed by atoms with Crippen LogP contribution in [0, 0.1) is 13.8 Å². The fourth-order valence-corrected chi connectivity index (χ4v) is 3.17. The van der Waals surface area contributed by atoms with Crippen molar-refractivity contribution in [3.8, 4) is 17.3 Å². The molecule has 154 valence electrons. The smallest absolute Gasteiger partial charge is 0.289 e. The van der Waals surface area contributed by atoms with Crippen molar-refractivity contribution in [1.29, 1.82) is 0 Å². The first-order chi connectivity index (χ1) is 14.4. The van der Waals surface area contributed by atoms with Crippen LogP contribution in [-0.2, 0) is 4.79 Å². The highest BCUT2D eigenvalue weighted by Crippen LogP contribution is 2.30. The van der Waals surface area contributed by atoms with E-state index in [0.29, 0.717) is 17.3 Å². The van der Waals surface area contributed by atoms with Crippen molar-refractivity contribution in [1.82, 2.24) is 25.6 Å².